The predicted molar refractivity (Wildman–Crippen MR) is 51.3 cm³/mol. The summed E-state index contributed by atoms with van der Waals surface area (Å²) in [5, 5.41) is 3.00. The summed E-state index contributed by atoms with van der Waals surface area (Å²) in [5.41, 5.74) is 0. The molecule has 0 aliphatic heterocycles. The Hall–Kier alpha value is -0.710. The van der Waals surface area contributed by atoms with E-state index in [1.54, 1.807) is 6.92 Å². The maximum Gasteiger partial charge on any atom is 0.255 e. The molecular formula is C9H18F2N2O. The van der Waals surface area contributed by atoms with Crippen LogP contribution in [0.25, 0.3) is 0 Å². The van der Waals surface area contributed by atoms with Crippen LogP contribution in [0.15, 0.2) is 0 Å². The number of amides is 1. The van der Waals surface area contributed by atoms with Gasteiger partial charge < -0.3 is 10.2 Å². The highest BCUT2D eigenvalue weighted by Gasteiger charge is 2.19. The first-order valence-corrected chi connectivity index (χ1v) is 4.72. The second-order valence-electron chi connectivity index (χ2n) is 3.32. The quantitative estimate of drug-likeness (QED) is 0.705. The van der Waals surface area contributed by atoms with Crippen LogP contribution in [0, 0.1) is 5.92 Å². The van der Waals surface area contributed by atoms with Crippen molar-refractivity contribution in [2.24, 2.45) is 5.92 Å². The normalized spacial score (nSPS) is 13.0. The number of hydrogen-bond donors (Lipinski definition) is 1. The Balaban J connectivity index is 3.91. The third-order valence-corrected chi connectivity index (χ3v) is 1.91. The van der Waals surface area contributed by atoms with E-state index in [2.05, 4.69) is 5.32 Å². The molecule has 0 aromatic rings. The van der Waals surface area contributed by atoms with Gasteiger partial charge in [-0.2, -0.15) is 0 Å². The van der Waals surface area contributed by atoms with E-state index in [4.69, 9.17) is 0 Å². The van der Waals surface area contributed by atoms with Gasteiger partial charge in [0, 0.05) is 19.5 Å². The van der Waals surface area contributed by atoms with Crippen molar-refractivity contribution in [2.75, 3.05) is 26.7 Å². The first kappa shape index (κ1) is 13.3. The molecule has 0 aromatic carbocycles. The summed E-state index contributed by atoms with van der Waals surface area (Å²) in [4.78, 5) is 12.5. The van der Waals surface area contributed by atoms with Crippen molar-refractivity contribution < 1.29 is 13.6 Å². The highest BCUT2D eigenvalue weighted by Crippen LogP contribution is 2.02. The fraction of sp³-hybridized carbons (Fsp3) is 0.889. The van der Waals surface area contributed by atoms with Gasteiger partial charge in [-0.3, -0.25) is 4.79 Å². The minimum absolute atomic E-state index is 0.244. The Morgan fingerprint density at radius 2 is 2.07 bits per heavy atom. The SMILES string of the molecule is CCNCC(C)C(=O)N(C)CC(F)F. The van der Waals surface area contributed by atoms with Crippen LogP contribution in [0.3, 0.4) is 0 Å². The molecule has 0 aliphatic rings. The Kier molecular flexibility index (Phi) is 6.36. The highest BCUT2D eigenvalue weighted by molar-refractivity contribution is 5.78. The van der Waals surface area contributed by atoms with Crippen molar-refractivity contribution >= 4 is 5.91 Å². The van der Waals surface area contributed by atoms with E-state index >= 15 is 0 Å². The van der Waals surface area contributed by atoms with Gasteiger partial charge in [0.2, 0.25) is 5.91 Å². The van der Waals surface area contributed by atoms with Crippen molar-refractivity contribution in [3.8, 4) is 0 Å². The average Bonchev–Trinajstić information content (AvgIpc) is 2.11. The number of nitrogens with one attached hydrogen (secondary N) is 1. The Morgan fingerprint density at radius 1 is 1.50 bits per heavy atom. The zero-order valence-electron chi connectivity index (χ0n) is 8.89. The van der Waals surface area contributed by atoms with Crippen molar-refractivity contribution in [1.29, 1.82) is 0 Å². The van der Waals surface area contributed by atoms with E-state index in [1.807, 2.05) is 6.92 Å². The number of nitrogens with zero attached hydrogens (tertiary/aromatic N) is 1. The van der Waals surface area contributed by atoms with Gasteiger partial charge in [-0.1, -0.05) is 13.8 Å². The van der Waals surface area contributed by atoms with Gasteiger partial charge in [0.1, 0.15) is 0 Å². The van der Waals surface area contributed by atoms with Crippen LogP contribution in [0.2, 0.25) is 0 Å². The fourth-order valence-electron chi connectivity index (χ4n) is 1.12. The third kappa shape index (κ3) is 5.11. The lowest BCUT2D eigenvalue weighted by atomic mass is 10.1. The van der Waals surface area contributed by atoms with Crippen molar-refractivity contribution in [3.63, 3.8) is 0 Å². The van der Waals surface area contributed by atoms with Crippen molar-refractivity contribution in [2.45, 2.75) is 20.3 Å². The van der Waals surface area contributed by atoms with Crippen LogP contribution in [0.1, 0.15) is 13.8 Å². The Labute approximate surface area is 83.5 Å². The molecule has 3 nitrogen and oxygen atoms in total. The van der Waals surface area contributed by atoms with Gasteiger partial charge >= 0.3 is 0 Å². The second-order valence-corrected chi connectivity index (χ2v) is 3.32. The number of carbonyl (C=O) groups is 1. The molecule has 0 fully saturated rings. The molecule has 5 heteroatoms. The van der Waals surface area contributed by atoms with Crippen molar-refractivity contribution in [1.82, 2.24) is 10.2 Å². The maximum atomic E-state index is 12.0. The Bertz CT molecular complexity index is 176. The molecular weight excluding hydrogens is 190 g/mol. The summed E-state index contributed by atoms with van der Waals surface area (Å²) in [5.74, 6) is -0.495. The van der Waals surface area contributed by atoms with Crippen LogP contribution in [0.4, 0.5) is 8.78 Å². The molecule has 0 saturated heterocycles. The second kappa shape index (κ2) is 6.70. The number of carbonyl (C=O) groups excluding carboxylic acids is 1. The summed E-state index contributed by atoms with van der Waals surface area (Å²) in [7, 11) is 1.40. The lowest BCUT2D eigenvalue weighted by molar-refractivity contribution is -0.135. The van der Waals surface area contributed by atoms with Crippen LogP contribution < -0.4 is 5.32 Å². The molecule has 0 spiro atoms. The molecule has 0 radical (unpaired) electrons. The topological polar surface area (TPSA) is 32.3 Å². The predicted octanol–water partition coefficient (Wildman–Crippen LogP) is 0.955. The first-order valence-electron chi connectivity index (χ1n) is 4.72. The molecule has 0 saturated carbocycles. The van der Waals surface area contributed by atoms with E-state index in [0.29, 0.717) is 6.54 Å². The average molecular weight is 208 g/mol. The summed E-state index contributed by atoms with van der Waals surface area (Å²) < 4.78 is 23.9. The summed E-state index contributed by atoms with van der Waals surface area (Å²) in [6.07, 6.45) is -2.46. The molecule has 0 heterocycles. The van der Waals surface area contributed by atoms with Crippen LogP contribution >= 0.6 is 0 Å². The summed E-state index contributed by atoms with van der Waals surface area (Å²) in [6, 6.07) is 0. The molecule has 0 rings (SSSR count). The smallest absolute Gasteiger partial charge is 0.255 e. The molecule has 1 unspecified atom stereocenters. The van der Waals surface area contributed by atoms with E-state index in [9.17, 15) is 13.6 Å². The molecule has 1 amide bonds. The molecule has 1 atom stereocenters. The van der Waals surface area contributed by atoms with Crippen LogP contribution in [0.5, 0.6) is 0 Å². The largest absolute Gasteiger partial charge is 0.340 e. The number of rotatable bonds is 6. The number of alkyl halides is 2. The molecule has 0 bridgehead atoms. The summed E-state index contributed by atoms with van der Waals surface area (Å²) >= 11 is 0. The van der Waals surface area contributed by atoms with Gasteiger partial charge in [0.05, 0.1) is 6.54 Å². The van der Waals surface area contributed by atoms with Gasteiger partial charge in [-0.15, -0.1) is 0 Å². The van der Waals surface area contributed by atoms with E-state index in [-0.39, 0.29) is 11.8 Å². The minimum atomic E-state index is -2.46. The van der Waals surface area contributed by atoms with E-state index in [0.717, 1.165) is 11.4 Å². The number of hydrogen-bond acceptors (Lipinski definition) is 2. The number of halogens is 2. The monoisotopic (exact) mass is 208 g/mol. The van der Waals surface area contributed by atoms with Crippen molar-refractivity contribution in [3.05, 3.63) is 0 Å². The zero-order valence-corrected chi connectivity index (χ0v) is 8.89. The van der Waals surface area contributed by atoms with Gasteiger partial charge in [-0.25, -0.2) is 8.78 Å². The van der Waals surface area contributed by atoms with Crippen LogP contribution in [-0.2, 0) is 4.79 Å². The molecule has 84 valence electrons. The lowest BCUT2D eigenvalue weighted by Gasteiger charge is -2.20. The van der Waals surface area contributed by atoms with Gasteiger partial charge in [0.15, 0.2) is 0 Å². The third-order valence-electron chi connectivity index (χ3n) is 1.91. The standard InChI is InChI=1S/C9H18F2N2O/c1-4-12-5-7(2)9(14)13(3)6-8(10)11/h7-8,12H,4-6H2,1-3H3. The zero-order chi connectivity index (χ0) is 11.1. The van der Waals surface area contributed by atoms with Gasteiger partial charge in [0.25, 0.3) is 6.43 Å². The lowest BCUT2D eigenvalue weighted by Crippen LogP contribution is -2.38. The maximum absolute atomic E-state index is 12.0. The Morgan fingerprint density at radius 3 is 2.50 bits per heavy atom. The minimum Gasteiger partial charge on any atom is -0.340 e. The molecule has 14 heavy (non-hydrogen) atoms. The molecule has 1 N–H and O–H groups in total. The van der Waals surface area contributed by atoms with Crippen LogP contribution in [-0.4, -0.2) is 43.9 Å². The summed E-state index contributed by atoms with van der Waals surface area (Å²) in [6.45, 7) is 4.47. The fourth-order valence-corrected chi connectivity index (χ4v) is 1.12. The van der Waals surface area contributed by atoms with E-state index in [1.165, 1.54) is 7.05 Å². The first-order chi connectivity index (χ1) is 6.49. The van der Waals surface area contributed by atoms with Gasteiger partial charge in [-0.05, 0) is 6.54 Å². The highest BCUT2D eigenvalue weighted by atomic mass is 19.3. The molecule has 0 aromatic heterocycles. The van der Waals surface area contributed by atoms with E-state index < -0.39 is 13.0 Å². The molecule has 0 aliphatic carbocycles.